The van der Waals surface area contributed by atoms with E-state index >= 15 is 0 Å². The summed E-state index contributed by atoms with van der Waals surface area (Å²) in [7, 11) is -2.38. The number of benzene rings is 2. The molecule has 0 atom stereocenters. The number of H-pyrrole nitrogens is 1. The molecule has 10 heteroatoms. The molecule has 1 fully saturated rings. The van der Waals surface area contributed by atoms with Gasteiger partial charge >= 0.3 is 10.1 Å². The van der Waals surface area contributed by atoms with E-state index in [1.807, 2.05) is 24.3 Å². The quantitative estimate of drug-likeness (QED) is 0.458. The normalized spacial score (nSPS) is 16.2. The van der Waals surface area contributed by atoms with Crippen LogP contribution >= 0.6 is 0 Å². The summed E-state index contributed by atoms with van der Waals surface area (Å²) in [5, 5.41) is 3.70. The van der Waals surface area contributed by atoms with Crippen molar-refractivity contribution < 1.29 is 26.9 Å². The lowest BCUT2D eigenvalue weighted by Crippen LogP contribution is -2.33. The number of hydrogen-bond acceptors (Lipinski definition) is 7. The number of rotatable bonds is 8. The third-order valence-corrected chi connectivity index (χ3v) is 6.93. The van der Waals surface area contributed by atoms with E-state index in [1.165, 1.54) is 26.4 Å². The molecule has 3 aromatic rings. The van der Waals surface area contributed by atoms with E-state index in [4.69, 9.17) is 13.7 Å². The first-order chi connectivity index (χ1) is 16.8. The lowest BCUT2D eigenvalue weighted by atomic mass is 9.98. The Hall–Kier alpha value is -3.24. The first-order valence-electron chi connectivity index (χ1n) is 11.7. The van der Waals surface area contributed by atoms with Crippen molar-refractivity contribution in [3.63, 3.8) is 0 Å². The van der Waals surface area contributed by atoms with Gasteiger partial charge < -0.3 is 24.0 Å². The largest absolute Gasteiger partial charge is 0.493 e. The van der Waals surface area contributed by atoms with Crippen LogP contribution in [0.25, 0.3) is 22.2 Å². The molecule has 9 nitrogen and oxygen atoms in total. The number of ether oxygens (including phenoxy) is 2. The van der Waals surface area contributed by atoms with E-state index in [1.54, 1.807) is 6.07 Å². The van der Waals surface area contributed by atoms with E-state index in [0.717, 1.165) is 42.5 Å². The zero-order valence-electron chi connectivity index (χ0n) is 19.8. The molecule has 186 valence electrons. The van der Waals surface area contributed by atoms with Gasteiger partial charge in [-0.3, -0.25) is 9.69 Å². The van der Waals surface area contributed by atoms with Crippen LogP contribution in [0.2, 0.25) is 0 Å². The van der Waals surface area contributed by atoms with Crippen molar-refractivity contribution in [3.8, 4) is 28.5 Å². The summed E-state index contributed by atoms with van der Waals surface area (Å²) in [6.07, 6.45) is 4.78. The minimum absolute atomic E-state index is 0.0348. The zero-order valence-corrected chi connectivity index (χ0v) is 20.7. The second-order valence-electron chi connectivity index (χ2n) is 8.96. The summed E-state index contributed by atoms with van der Waals surface area (Å²) in [6.45, 7) is 3.98. The standard InChI is InChI=1S/C25H29N3O6S/c1-32-22-14-18(23-19(15-26-25(23)29)24(22)34-35(2,30)31)21-13-16-12-17(6-7-20(16)27-21)33-11-10-28-8-4-3-5-9-28/h6-7,12-14,27H,3-5,8-11,15H2,1-2H3,(H,26,29). The molecule has 2 aliphatic rings. The number of carbonyl (C=O) groups excluding carboxylic acids is 1. The van der Waals surface area contributed by atoms with Crippen molar-refractivity contribution in [1.82, 2.24) is 15.2 Å². The summed E-state index contributed by atoms with van der Waals surface area (Å²) >= 11 is 0. The fourth-order valence-electron chi connectivity index (χ4n) is 4.81. The predicted octanol–water partition coefficient (Wildman–Crippen LogP) is 3.29. The number of methoxy groups -OCH3 is 1. The molecule has 0 saturated carbocycles. The fourth-order valence-corrected chi connectivity index (χ4v) is 5.29. The van der Waals surface area contributed by atoms with Crippen molar-refractivity contribution in [2.75, 3.05) is 39.6 Å². The Labute approximate surface area is 204 Å². The minimum Gasteiger partial charge on any atom is -0.493 e. The number of likely N-dealkylation sites (tertiary alicyclic amines) is 1. The van der Waals surface area contributed by atoms with E-state index in [0.29, 0.717) is 29.0 Å². The van der Waals surface area contributed by atoms with Gasteiger partial charge in [-0.2, -0.15) is 8.42 Å². The minimum atomic E-state index is -3.81. The molecule has 0 bridgehead atoms. The lowest BCUT2D eigenvalue weighted by Gasteiger charge is -2.26. The first-order valence-corrected chi connectivity index (χ1v) is 13.5. The lowest BCUT2D eigenvalue weighted by molar-refractivity contribution is 0.0966. The highest BCUT2D eigenvalue weighted by Crippen LogP contribution is 2.43. The van der Waals surface area contributed by atoms with Crippen LogP contribution in [0, 0.1) is 0 Å². The molecular formula is C25H29N3O6S. The molecule has 1 saturated heterocycles. The molecular weight excluding hydrogens is 470 g/mol. The molecule has 0 spiro atoms. The predicted molar refractivity (Wildman–Crippen MR) is 133 cm³/mol. The Morgan fingerprint density at radius 3 is 2.63 bits per heavy atom. The van der Waals surface area contributed by atoms with Crippen molar-refractivity contribution in [2.24, 2.45) is 0 Å². The van der Waals surface area contributed by atoms with Crippen LogP contribution in [-0.4, -0.2) is 63.8 Å². The van der Waals surface area contributed by atoms with E-state index < -0.39 is 10.1 Å². The second kappa shape index (κ2) is 9.43. The number of hydrogen-bond donors (Lipinski definition) is 2. The van der Waals surface area contributed by atoms with E-state index in [2.05, 4.69) is 15.2 Å². The van der Waals surface area contributed by atoms with E-state index in [9.17, 15) is 13.2 Å². The third-order valence-electron chi connectivity index (χ3n) is 6.46. The summed E-state index contributed by atoms with van der Waals surface area (Å²) in [4.78, 5) is 18.5. The SMILES string of the molecule is COc1cc(-c2cc3cc(OCCN4CCCCC4)ccc3[nH]2)c2c(c1OS(C)(=O)=O)CNC2=O. The maximum atomic E-state index is 12.7. The Kier molecular flexibility index (Phi) is 6.33. The van der Waals surface area contributed by atoms with Gasteiger partial charge in [0.25, 0.3) is 5.91 Å². The average Bonchev–Trinajstić information content (AvgIpc) is 3.43. The number of aromatic nitrogens is 1. The van der Waals surface area contributed by atoms with Crippen LogP contribution < -0.4 is 19.0 Å². The van der Waals surface area contributed by atoms with Gasteiger partial charge in [0.15, 0.2) is 11.5 Å². The number of nitrogens with one attached hydrogen (secondary N) is 2. The molecule has 1 aromatic heterocycles. The van der Waals surface area contributed by atoms with Gasteiger partial charge in [-0.25, -0.2) is 0 Å². The van der Waals surface area contributed by atoms with Crippen LogP contribution in [0.15, 0.2) is 30.3 Å². The highest BCUT2D eigenvalue weighted by molar-refractivity contribution is 7.86. The Morgan fingerprint density at radius 1 is 1.09 bits per heavy atom. The summed E-state index contributed by atoms with van der Waals surface area (Å²) < 4.78 is 40.3. The van der Waals surface area contributed by atoms with Crippen molar-refractivity contribution in [1.29, 1.82) is 0 Å². The Balaban J connectivity index is 1.45. The number of amides is 1. The number of fused-ring (bicyclic) bond motifs is 2. The molecule has 2 N–H and O–H groups in total. The highest BCUT2D eigenvalue weighted by Gasteiger charge is 2.32. The Morgan fingerprint density at radius 2 is 1.89 bits per heavy atom. The average molecular weight is 500 g/mol. The van der Waals surface area contributed by atoms with Crippen LogP contribution in [0.3, 0.4) is 0 Å². The molecule has 1 amide bonds. The number of piperidine rings is 1. The Bertz CT molecular complexity index is 1380. The maximum Gasteiger partial charge on any atom is 0.306 e. The van der Waals surface area contributed by atoms with Crippen LogP contribution in [-0.2, 0) is 16.7 Å². The summed E-state index contributed by atoms with van der Waals surface area (Å²) in [5.41, 5.74) is 3.04. The third kappa shape index (κ3) is 4.94. The molecule has 0 aliphatic carbocycles. The molecule has 2 aromatic carbocycles. The second-order valence-corrected chi connectivity index (χ2v) is 10.5. The zero-order chi connectivity index (χ0) is 24.6. The van der Waals surface area contributed by atoms with Crippen molar-refractivity contribution in [2.45, 2.75) is 25.8 Å². The molecule has 3 heterocycles. The van der Waals surface area contributed by atoms with Gasteiger partial charge in [0.2, 0.25) is 0 Å². The highest BCUT2D eigenvalue weighted by atomic mass is 32.2. The van der Waals surface area contributed by atoms with Crippen LogP contribution in [0.1, 0.15) is 35.2 Å². The van der Waals surface area contributed by atoms with Gasteiger partial charge in [-0.05, 0) is 56.3 Å². The van der Waals surface area contributed by atoms with Gasteiger partial charge in [-0.1, -0.05) is 6.42 Å². The molecule has 2 aliphatic heterocycles. The van der Waals surface area contributed by atoms with Crippen molar-refractivity contribution in [3.05, 3.63) is 41.5 Å². The van der Waals surface area contributed by atoms with Gasteiger partial charge in [0.05, 0.1) is 18.9 Å². The number of nitrogens with zero attached hydrogens (tertiary/aromatic N) is 1. The number of aromatic amines is 1. The van der Waals surface area contributed by atoms with Crippen LogP contribution in [0.4, 0.5) is 0 Å². The van der Waals surface area contributed by atoms with Gasteiger partial charge in [0.1, 0.15) is 12.4 Å². The summed E-state index contributed by atoms with van der Waals surface area (Å²) in [6, 6.07) is 9.44. The maximum absolute atomic E-state index is 12.7. The molecule has 35 heavy (non-hydrogen) atoms. The first kappa shape index (κ1) is 23.5. The monoisotopic (exact) mass is 499 g/mol. The van der Waals surface area contributed by atoms with Gasteiger partial charge in [0, 0.05) is 40.8 Å². The van der Waals surface area contributed by atoms with E-state index in [-0.39, 0.29) is 24.0 Å². The van der Waals surface area contributed by atoms with Gasteiger partial charge in [-0.15, -0.1) is 0 Å². The molecule has 0 unspecified atom stereocenters. The molecule has 0 radical (unpaired) electrons. The molecule has 5 rings (SSSR count). The smallest absolute Gasteiger partial charge is 0.306 e. The summed E-state index contributed by atoms with van der Waals surface area (Å²) in [5.74, 6) is 0.766. The van der Waals surface area contributed by atoms with Crippen molar-refractivity contribution >= 4 is 26.9 Å². The van der Waals surface area contributed by atoms with Crippen LogP contribution in [0.5, 0.6) is 17.2 Å². The topological polar surface area (TPSA) is 110 Å². The fraction of sp³-hybridized carbons (Fsp3) is 0.400. The number of carbonyl (C=O) groups is 1.